The van der Waals surface area contributed by atoms with Crippen LogP contribution in [-0.4, -0.2) is 0 Å². The van der Waals surface area contributed by atoms with Crippen molar-refractivity contribution in [3.8, 4) is 17.2 Å². The van der Waals surface area contributed by atoms with Gasteiger partial charge in [-0.2, -0.15) is 0 Å². The maximum atomic E-state index is 7.20. The zero-order chi connectivity index (χ0) is 34.1. The van der Waals surface area contributed by atoms with E-state index in [0.29, 0.717) is 0 Å². The van der Waals surface area contributed by atoms with E-state index >= 15 is 0 Å². The average molecular weight is 631 g/mol. The standard InChI is InChI=1S/C41H59O3P/c1-25-18-27-22-28-19-26(2)21-31(39(9,10)11)35(28)43-45(42-34(27)30(20-25)38(6,7)8)44-36-32(40(12,13)14)23-29(37(3,4)5)24-33(36)41(15,16)17/h18-21,23-24H,22H2,1-17H3. The molecule has 3 nitrogen and oxygen atoms in total. The van der Waals surface area contributed by atoms with Gasteiger partial charge in [-0.3, -0.25) is 0 Å². The normalized spacial score (nSPS) is 15.0. The van der Waals surface area contributed by atoms with Gasteiger partial charge in [-0.1, -0.05) is 151 Å². The van der Waals surface area contributed by atoms with Gasteiger partial charge in [0.15, 0.2) is 0 Å². The molecule has 0 aliphatic carbocycles. The van der Waals surface area contributed by atoms with E-state index in [-0.39, 0.29) is 27.1 Å². The van der Waals surface area contributed by atoms with Crippen LogP contribution in [0.25, 0.3) is 0 Å². The molecule has 246 valence electrons. The Morgan fingerprint density at radius 1 is 0.489 bits per heavy atom. The van der Waals surface area contributed by atoms with E-state index in [1.807, 2.05) is 0 Å². The highest BCUT2D eigenvalue weighted by Crippen LogP contribution is 2.55. The molecule has 0 aromatic heterocycles. The van der Waals surface area contributed by atoms with Gasteiger partial charge in [0, 0.05) is 28.7 Å². The van der Waals surface area contributed by atoms with Crippen molar-refractivity contribution in [1.29, 1.82) is 0 Å². The lowest BCUT2D eigenvalue weighted by molar-refractivity contribution is 0.360. The van der Waals surface area contributed by atoms with Crippen molar-refractivity contribution < 1.29 is 13.6 Å². The van der Waals surface area contributed by atoms with Gasteiger partial charge in [0.05, 0.1) is 0 Å². The molecule has 0 spiro atoms. The van der Waals surface area contributed by atoms with E-state index < -0.39 is 8.60 Å². The fraction of sp³-hybridized carbons (Fsp3) is 0.561. The van der Waals surface area contributed by atoms with Crippen LogP contribution in [0.4, 0.5) is 0 Å². The number of aryl methyl sites for hydroxylation is 2. The summed E-state index contributed by atoms with van der Waals surface area (Å²) in [4.78, 5) is 0. The van der Waals surface area contributed by atoms with Crippen molar-refractivity contribution in [2.24, 2.45) is 0 Å². The molecule has 0 unspecified atom stereocenters. The number of fused-ring (bicyclic) bond motifs is 2. The lowest BCUT2D eigenvalue weighted by Gasteiger charge is -2.35. The molecule has 4 rings (SSSR count). The Bertz CT molecular complexity index is 1470. The van der Waals surface area contributed by atoms with Gasteiger partial charge in [0.1, 0.15) is 17.2 Å². The minimum atomic E-state index is -1.88. The van der Waals surface area contributed by atoms with Gasteiger partial charge in [0.25, 0.3) is 0 Å². The summed E-state index contributed by atoms with van der Waals surface area (Å²) in [6.45, 7) is 38.4. The maximum absolute atomic E-state index is 7.20. The first-order chi connectivity index (χ1) is 20.3. The van der Waals surface area contributed by atoms with Crippen LogP contribution in [0.5, 0.6) is 17.2 Å². The van der Waals surface area contributed by atoms with Crippen LogP contribution in [0.3, 0.4) is 0 Å². The number of hydrogen-bond donors (Lipinski definition) is 0. The highest BCUT2D eigenvalue weighted by atomic mass is 31.2. The third kappa shape index (κ3) is 7.73. The summed E-state index contributed by atoms with van der Waals surface area (Å²) in [6, 6.07) is 13.8. The lowest BCUT2D eigenvalue weighted by atomic mass is 9.75. The van der Waals surface area contributed by atoms with Crippen LogP contribution in [0.1, 0.15) is 154 Å². The van der Waals surface area contributed by atoms with Gasteiger partial charge in [-0.25, -0.2) is 0 Å². The summed E-state index contributed by atoms with van der Waals surface area (Å²) in [7, 11) is -1.88. The van der Waals surface area contributed by atoms with E-state index in [9.17, 15) is 0 Å². The Kier molecular flexibility index (Phi) is 9.13. The molecule has 0 fully saturated rings. The Hall–Kier alpha value is -2.51. The van der Waals surface area contributed by atoms with Crippen LogP contribution in [0.2, 0.25) is 0 Å². The molecule has 0 bridgehead atoms. The second-order valence-corrected chi connectivity index (χ2v) is 19.4. The van der Waals surface area contributed by atoms with E-state index in [4.69, 9.17) is 13.6 Å². The van der Waals surface area contributed by atoms with Gasteiger partial charge < -0.3 is 13.6 Å². The van der Waals surface area contributed by atoms with E-state index in [0.717, 1.165) is 23.7 Å². The molecule has 0 saturated carbocycles. The molecular weight excluding hydrogens is 571 g/mol. The van der Waals surface area contributed by atoms with Crippen LogP contribution >= 0.6 is 8.60 Å². The average Bonchev–Trinajstić information content (AvgIpc) is 2.82. The highest BCUT2D eigenvalue weighted by molar-refractivity contribution is 7.43. The van der Waals surface area contributed by atoms with Gasteiger partial charge in [0.2, 0.25) is 0 Å². The molecule has 3 aromatic carbocycles. The van der Waals surface area contributed by atoms with Crippen molar-refractivity contribution >= 4 is 8.60 Å². The fourth-order valence-corrected chi connectivity index (χ4v) is 7.23. The monoisotopic (exact) mass is 630 g/mol. The highest BCUT2D eigenvalue weighted by Gasteiger charge is 2.37. The Labute approximate surface area is 276 Å². The topological polar surface area (TPSA) is 27.7 Å². The van der Waals surface area contributed by atoms with Crippen LogP contribution in [0, 0.1) is 13.8 Å². The number of rotatable bonds is 2. The fourth-order valence-electron chi connectivity index (χ4n) is 6.05. The zero-order valence-electron chi connectivity index (χ0n) is 31.3. The first-order valence-corrected chi connectivity index (χ1v) is 17.7. The summed E-state index contributed by atoms with van der Waals surface area (Å²) in [5, 5.41) is 0. The minimum absolute atomic E-state index is 0.00603. The second kappa shape index (κ2) is 11.6. The Morgan fingerprint density at radius 2 is 0.844 bits per heavy atom. The number of hydrogen-bond acceptors (Lipinski definition) is 3. The van der Waals surface area contributed by atoms with E-state index in [1.165, 1.54) is 50.1 Å². The Balaban J connectivity index is 2.06. The summed E-state index contributed by atoms with van der Waals surface area (Å²) in [6.07, 6.45) is 0.740. The third-order valence-corrected chi connectivity index (χ3v) is 9.68. The van der Waals surface area contributed by atoms with Crippen molar-refractivity contribution in [1.82, 2.24) is 0 Å². The van der Waals surface area contributed by atoms with E-state index in [1.54, 1.807) is 0 Å². The van der Waals surface area contributed by atoms with Gasteiger partial charge >= 0.3 is 8.60 Å². The molecule has 3 aromatic rings. The van der Waals surface area contributed by atoms with Crippen molar-refractivity contribution in [2.45, 2.75) is 151 Å². The summed E-state index contributed by atoms with van der Waals surface area (Å²) in [5.74, 6) is 2.67. The molecule has 4 heteroatoms. The summed E-state index contributed by atoms with van der Waals surface area (Å²) in [5.41, 5.74) is 10.3. The molecule has 1 aliphatic heterocycles. The molecule has 0 atom stereocenters. The molecule has 0 radical (unpaired) electrons. The first-order valence-electron chi connectivity index (χ1n) is 16.6. The molecule has 1 aliphatic rings. The van der Waals surface area contributed by atoms with Crippen LogP contribution < -0.4 is 13.6 Å². The first kappa shape index (κ1) is 35.3. The quantitative estimate of drug-likeness (QED) is 0.264. The lowest BCUT2D eigenvalue weighted by Crippen LogP contribution is -2.24. The van der Waals surface area contributed by atoms with Crippen molar-refractivity contribution in [3.63, 3.8) is 0 Å². The van der Waals surface area contributed by atoms with Crippen LogP contribution in [0.15, 0.2) is 36.4 Å². The largest absolute Gasteiger partial charge is 0.530 e. The predicted molar refractivity (Wildman–Crippen MR) is 194 cm³/mol. The predicted octanol–water partition coefficient (Wildman–Crippen LogP) is 12.5. The van der Waals surface area contributed by atoms with Gasteiger partial charge in [-0.05, 0) is 57.6 Å². The van der Waals surface area contributed by atoms with Gasteiger partial charge in [-0.15, -0.1) is 0 Å². The molecule has 45 heavy (non-hydrogen) atoms. The maximum Gasteiger partial charge on any atom is 0.530 e. The summed E-state index contributed by atoms with van der Waals surface area (Å²) >= 11 is 0. The second-order valence-electron chi connectivity index (χ2n) is 18.4. The molecule has 0 N–H and O–H groups in total. The Morgan fingerprint density at radius 3 is 1.16 bits per heavy atom. The van der Waals surface area contributed by atoms with Crippen molar-refractivity contribution in [3.05, 3.63) is 86.5 Å². The SMILES string of the molecule is Cc1cc2c(c(C(C)(C)C)c1)OP(Oc1c(C(C)(C)C)cc(C(C)(C)C)cc1C(C)(C)C)Oc1c(cc(C)cc1C(C)(C)C)C2. The molecule has 1 heterocycles. The molecular formula is C41H59O3P. The zero-order valence-corrected chi connectivity index (χ0v) is 32.2. The van der Waals surface area contributed by atoms with Crippen molar-refractivity contribution in [2.75, 3.05) is 0 Å². The molecule has 0 amide bonds. The van der Waals surface area contributed by atoms with Crippen LogP contribution in [-0.2, 0) is 33.5 Å². The third-order valence-electron chi connectivity index (χ3n) is 8.69. The van der Waals surface area contributed by atoms with E-state index in [2.05, 4.69) is 154 Å². The smallest absolute Gasteiger partial charge is 0.408 e. The summed E-state index contributed by atoms with van der Waals surface area (Å²) < 4.78 is 21.3. The number of benzene rings is 3. The molecule has 0 saturated heterocycles. The minimum Gasteiger partial charge on any atom is -0.408 e.